The Kier molecular flexibility index (Phi) is 5.69. The molecule has 0 spiro atoms. The molecule has 3 aromatic rings. The van der Waals surface area contributed by atoms with Crippen molar-refractivity contribution in [3.63, 3.8) is 0 Å². The summed E-state index contributed by atoms with van der Waals surface area (Å²) in [6, 6.07) is 16.8. The van der Waals surface area contributed by atoms with E-state index in [2.05, 4.69) is 50.4 Å². The second kappa shape index (κ2) is 8.74. The summed E-state index contributed by atoms with van der Waals surface area (Å²) in [4.78, 5) is 21.9. The molecule has 0 unspecified atom stereocenters. The van der Waals surface area contributed by atoms with Gasteiger partial charge >= 0.3 is 0 Å². The lowest BCUT2D eigenvalue weighted by Crippen LogP contribution is -2.49. The maximum atomic E-state index is 12.6. The minimum atomic E-state index is 0.293. The quantitative estimate of drug-likeness (QED) is 0.639. The summed E-state index contributed by atoms with van der Waals surface area (Å²) in [6.07, 6.45) is 4.62. The van der Waals surface area contributed by atoms with E-state index in [-0.39, 0.29) is 0 Å². The number of amides is 1. The molecule has 1 aliphatic heterocycles. The number of hydrogen-bond acceptors (Lipinski definition) is 5. The van der Waals surface area contributed by atoms with Gasteiger partial charge in [-0.2, -0.15) is 0 Å². The Morgan fingerprint density at radius 2 is 1.83 bits per heavy atom. The number of nitrogens with zero attached hydrogens (tertiary/aromatic N) is 3. The molecule has 1 N–H and O–H groups in total. The number of nitrogens with one attached hydrogen (secondary N) is 1. The number of rotatable bonds is 5. The van der Waals surface area contributed by atoms with Gasteiger partial charge in [0.25, 0.3) is 0 Å². The van der Waals surface area contributed by atoms with E-state index in [4.69, 9.17) is 0 Å². The Morgan fingerprint density at radius 3 is 2.63 bits per heavy atom. The van der Waals surface area contributed by atoms with Crippen molar-refractivity contribution in [3.05, 3.63) is 54.1 Å². The molecule has 1 aromatic heterocycles. The average Bonchev–Trinajstić information content (AvgIpc) is 3.44. The van der Waals surface area contributed by atoms with Gasteiger partial charge in [0.15, 0.2) is 5.13 Å². The van der Waals surface area contributed by atoms with E-state index in [9.17, 15) is 4.79 Å². The Morgan fingerprint density at radius 1 is 1.03 bits per heavy atom. The maximum Gasteiger partial charge on any atom is 0.225 e. The number of aromatic nitrogens is 1. The summed E-state index contributed by atoms with van der Waals surface area (Å²) >= 11 is 1.68. The molecule has 2 aromatic carbocycles. The van der Waals surface area contributed by atoms with Gasteiger partial charge in [-0.1, -0.05) is 48.4 Å². The lowest BCUT2D eigenvalue weighted by atomic mass is 10.1. The van der Waals surface area contributed by atoms with Crippen LogP contribution in [0.1, 0.15) is 31.2 Å². The smallest absolute Gasteiger partial charge is 0.225 e. The number of para-hydroxylation sites is 1. The standard InChI is InChI=1S/C24H28N4OS/c29-23(19-7-1-2-8-19)28-14-12-27(13-15-28)17-18-6-5-9-20(16-18)25-24-26-21-10-3-4-11-22(21)30-24/h3-6,9-11,16,19H,1-2,7-8,12-15,17H2,(H,25,26). The first kappa shape index (κ1) is 19.5. The molecule has 156 valence electrons. The number of thiazole rings is 1. The molecular weight excluding hydrogens is 392 g/mol. The van der Waals surface area contributed by atoms with E-state index in [0.29, 0.717) is 11.8 Å². The van der Waals surface area contributed by atoms with Crippen LogP contribution in [0.4, 0.5) is 10.8 Å². The summed E-state index contributed by atoms with van der Waals surface area (Å²) < 4.78 is 1.20. The van der Waals surface area contributed by atoms with Gasteiger partial charge < -0.3 is 10.2 Å². The minimum absolute atomic E-state index is 0.293. The van der Waals surface area contributed by atoms with Crippen molar-refractivity contribution in [2.75, 3.05) is 31.5 Å². The molecule has 1 saturated heterocycles. The van der Waals surface area contributed by atoms with Crippen molar-refractivity contribution in [3.8, 4) is 0 Å². The number of benzene rings is 2. The molecule has 2 fully saturated rings. The largest absolute Gasteiger partial charge is 0.340 e. The predicted octanol–water partition coefficient (Wildman–Crippen LogP) is 4.87. The Balaban J connectivity index is 1.17. The van der Waals surface area contributed by atoms with Crippen molar-refractivity contribution in [2.45, 2.75) is 32.2 Å². The molecule has 0 radical (unpaired) electrons. The SMILES string of the molecule is O=C(C1CCCC1)N1CCN(Cc2cccc(Nc3nc4ccccc4s3)c2)CC1. The Hall–Kier alpha value is -2.44. The first-order chi connectivity index (χ1) is 14.7. The molecule has 1 amide bonds. The van der Waals surface area contributed by atoms with Crippen LogP contribution in [0.2, 0.25) is 0 Å². The lowest BCUT2D eigenvalue weighted by Gasteiger charge is -2.36. The highest BCUT2D eigenvalue weighted by molar-refractivity contribution is 7.22. The van der Waals surface area contributed by atoms with Crippen LogP contribution < -0.4 is 5.32 Å². The van der Waals surface area contributed by atoms with Gasteiger partial charge in [0.2, 0.25) is 5.91 Å². The summed E-state index contributed by atoms with van der Waals surface area (Å²) in [5, 5.41) is 4.38. The first-order valence-electron chi connectivity index (χ1n) is 11.0. The van der Waals surface area contributed by atoms with Gasteiger partial charge in [0, 0.05) is 44.3 Å². The second-order valence-electron chi connectivity index (χ2n) is 8.39. The van der Waals surface area contributed by atoms with Crippen LogP contribution in [0.15, 0.2) is 48.5 Å². The zero-order valence-electron chi connectivity index (χ0n) is 17.2. The molecule has 6 heteroatoms. The van der Waals surface area contributed by atoms with Crippen molar-refractivity contribution in [1.82, 2.24) is 14.8 Å². The molecular formula is C24H28N4OS. The fourth-order valence-corrected chi connectivity index (χ4v) is 5.50. The maximum absolute atomic E-state index is 12.6. The van der Waals surface area contributed by atoms with Crippen LogP contribution in [-0.4, -0.2) is 46.9 Å². The number of anilines is 2. The van der Waals surface area contributed by atoms with Gasteiger partial charge in [-0.15, -0.1) is 0 Å². The normalized spacial score (nSPS) is 18.2. The predicted molar refractivity (Wildman–Crippen MR) is 123 cm³/mol. The van der Waals surface area contributed by atoms with Gasteiger partial charge in [-0.05, 0) is 42.7 Å². The van der Waals surface area contributed by atoms with Crippen LogP contribution in [0.25, 0.3) is 10.2 Å². The third-order valence-electron chi connectivity index (χ3n) is 6.27. The zero-order valence-corrected chi connectivity index (χ0v) is 18.0. The third-order valence-corrected chi connectivity index (χ3v) is 7.22. The summed E-state index contributed by atoms with van der Waals surface area (Å²) in [5.41, 5.74) is 3.39. The average molecular weight is 421 g/mol. The van der Waals surface area contributed by atoms with Gasteiger partial charge in [0.05, 0.1) is 10.2 Å². The van der Waals surface area contributed by atoms with E-state index in [0.717, 1.165) is 61.9 Å². The highest BCUT2D eigenvalue weighted by Crippen LogP contribution is 2.29. The van der Waals surface area contributed by atoms with Crippen molar-refractivity contribution >= 4 is 38.3 Å². The molecule has 30 heavy (non-hydrogen) atoms. The van der Waals surface area contributed by atoms with E-state index < -0.39 is 0 Å². The molecule has 5 nitrogen and oxygen atoms in total. The first-order valence-corrected chi connectivity index (χ1v) is 11.8. The summed E-state index contributed by atoms with van der Waals surface area (Å²) in [6.45, 7) is 4.54. The van der Waals surface area contributed by atoms with Crippen LogP contribution in [0.3, 0.4) is 0 Å². The van der Waals surface area contributed by atoms with Crippen molar-refractivity contribution in [2.24, 2.45) is 5.92 Å². The molecule has 5 rings (SSSR count). The van der Waals surface area contributed by atoms with Gasteiger partial charge in [-0.25, -0.2) is 4.98 Å². The number of piperazine rings is 1. The molecule has 0 bridgehead atoms. The fourth-order valence-electron chi connectivity index (χ4n) is 4.61. The molecule has 1 saturated carbocycles. The molecule has 2 aliphatic rings. The number of hydrogen-bond donors (Lipinski definition) is 1. The van der Waals surface area contributed by atoms with E-state index in [1.807, 2.05) is 18.2 Å². The van der Waals surface area contributed by atoms with Crippen LogP contribution >= 0.6 is 11.3 Å². The summed E-state index contributed by atoms with van der Waals surface area (Å²) in [7, 11) is 0. The van der Waals surface area contributed by atoms with Crippen LogP contribution in [0.5, 0.6) is 0 Å². The minimum Gasteiger partial charge on any atom is -0.340 e. The van der Waals surface area contributed by atoms with E-state index in [1.165, 1.54) is 23.1 Å². The van der Waals surface area contributed by atoms with Crippen molar-refractivity contribution in [1.29, 1.82) is 0 Å². The third kappa shape index (κ3) is 4.35. The lowest BCUT2D eigenvalue weighted by molar-refractivity contribution is -0.137. The second-order valence-corrected chi connectivity index (χ2v) is 9.43. The van der Waals surface area contributed by atoms with Gasteiger partial charge in [0.1, 0.15) is 0 Å². The van der Waals surface area contributed by atoms with E-state index >= 15 is 0 Å². The number of fused-ring (bicyclic) bond motifs is 1. The molecule has 0 atom stereocenters. The van der Waals surface area contributed by atoms with Crippen LogP contribution in [-0.2, 0) is 11.3 Å². The molecule has 2 heterocycles. The fraction of sp³-hybridized carbons (Fsp3) is 0.417. The number of carbonyl (C=O) groups excluding carboxylic acids is 1. The van der Waals surface area contributed by atoms with Crippen molar-refractivity contribution < 1.29 is 4.79 Å². The highest BCUT2D eigenvalue weighted by atomic mass is 32.1. The Labute approximate surface area is 181 Å². The Bertz CT molecular complexity index is 986. The van der Waals surface area contributed by atoms with Gasteiger partial charge in [-0.3, -0.25) is 9.69 Å². The monoisotopic (exact) mass is 420 g/mol. The summed E-state index contributed by atoms with van der Waals surface area (Å²) in [5.74, 6) is 0.691. The topological polar surface area (TPSA) is 48.5 Å². The molecule has 1 aliphatic carbocycles. The van der Waals surface area contributed by atoms with Crippen LogP contribution in [0, 0.1) is 5.92 Å². The zero-order chi connectivity index (χ0) is 20.3. The highest BCUT2D eigenvalue weighted by Gasteiger charge is 2.29. The number of carbonyl (C=O) groups is 1. The van der Waals surface area contributed by atoms with E-state index in [1.54, 1.807) is 11.3 Å².